The van der Waals surface area contributed by atoms with Crippen molar-refractivity contribution in [2.45, 2.75) is 26.3 Å². The second-order valence-corrected chi connectivity index (χ2v) is 4.14. The molecular formula is C12H13NO3. The maximum absolute atomic E-state index is 11.8. The van der Waals surface area contributed by atoms with Gasteiger partial charge in [0.1, 0.15) is 0 Å². The fraction of sp³-hybridized carbons (Fsp3) is 0.333. The molecule has 1 aliphatic heterocycles. The van der Waals surface area contributed by atoms with E-state index in [0.29, 0.717) is 5.56 Å². The molecule has 0 saturated carbocycles. The Balaban J connectivity index is 2.57. The SMILES string of the molecule is CC(C)N1C(=O)Cc2c(C(=O)O)cccc21. The fourth-order valence-electron chi connectivity index (χ4n) is 2.12. The molecule has 0 radical (unpaired) electrons. The predicted molar refractivity (Wildman–Crippen MR) is 59.7 cm³/mol. The van der Waals surface area contributed by atoms with Crippen molar-refractivity contribution in [1.82, 2.24) is 0 Å². The number of carbonyl (C=O) groups excluding carboxylic acids is 1. The Morgan fingerprint density at radius 2 is 2.12 bits per heavy atom. The zero-order chi connectivity index (χ0) is 11.9. The third-order valence-electron chi connectivity index (χ3n) is 2.75. The van der Waals surface area contributed by atoms with Gasteiger partial charge in [0.25, 0.3) is 0 Å². The summed E-state index contributed by atoms with van der Waals surface area (Å²) in [5, 5.41) is 9.03. The quantitative estimate of drug-likeness (QED) is 0.823. The highest BCUT2D eigenvalue weighted by atomic mass is 16.4. The van der Waals surface area contributed by atoms with Crippen molar-refractivity contribution in [3.63, 3.8) is 0 Å². The topological polar surface area (TPSA) is 57.6 Å². The number of benzene rings is 1. The minimum atomic E-state index is -0.977. The number of hydrogen-bond donors (Lipinski definition) is 1. The van der Waals surface area contributed by atoms with Crippen molar-refractivity contribution in [2.75, 3.05) is 4.90 Å². The van der Waals surface area contributed by atoms with Gasteiger partial charge in [-0.15, -0.1) is 0 Å². The number of nitrogens with zero attached hydrogens (tertiary/aromatic N) is 1. The van der Waals surface area contributed by atoms with Gasteiger partial charge in [-0.1, -0.05) is 6.07 Å². The summed E-state index contributed by atoms with van der Waals surface area (Å²) in [7, 11) is 0. The number of rotatable bonds is 2. The second-order valence-electron chi connectivity index (χ2n) is 4.14. The van der Waals surface area contributed by atoms with Crippen LogP contribution in [0, 0.1) is 0 Å². The first-order valence-corrected chi connectivity index (χ1v) is 5.19. The van der Waals surface area contributed by atoms with Crippen LogP contribution in [0.4, 0.5) is 5.69 Å². The number of hydrogen-bond acceptors (Lipinski definition) is 2. The van der Waals surface area contributed by atoms with E-state index in [9.17, 15) is 9.59 Å². The van der Waals surface area contributed by atoms with Crippen molar-refractivity contribution >= 4 is 17.6 Å². The van der Waals surface area contributed by atoms with E-state index in [1.807, 2.05) is 13.8 Å². The molecule has 1 aliphatic rings. The van der Waals surface area contributed by atoms with E-state index in [4.69, 9.17) is 5.11 Å². The molecule has 0 bridgehead atoms. The monoisotopic (exact) mass is 219 g/mol. The van der Waals surface area contributed by atoms with Crippen LogP contribution in [0.25, 0.3) is 0 Å². The second kappa shape index (κ2) is 3.63. The fourth-order valence-corrected chi connectivity index (χ4v) is 2.12. The summed E-state index contributed by atoms with van der Waals surface area (Å²) in [5.74, 6) is -1.01. The number of anilines is 1. The first-order chi connectivity index (χ1) is 7.52. The average molecular weight is 219 g/mol. The molecule has 84 valence electrons. The van der Waals surface area contributed by atoms with E-state index in [0.717, 1.165) is 5.69 Å². The van der Waals surface area contributed by atoms with Crippen LogP contribution in [-0.4, -0.2) is 23.0 Å². The number of carboxylic acids is 1. The summed E-state index contributed by atoms with van der Waals surface area (Å²) in [6, 6.07) is 5.07. The molecule has 1 heterocycles. The van der Waals surface area contributed by atoms with Crippen LogP contribution < -0.4 is 4.90 Å². The molecule has 0 aromatic heterocycles. The van der Waals surface area contributed by atoms with Crippen molar-refractivity contribution < 1.29 is 14.7 Å². The lowest BCUT2D eigenvalue weighted by Crippen LogP contribution is -2.33. The van der Waals surface area contributed by atoms with Crippen molar-refractivity contribution in [1.29, 1.82) is 0 Å². The molecule has 1 N–H and O–H groups in total. The summed E-state index contributed by atoms with van der Waals surface area (Å²) in [5.41, 5.74) is 1.60. The molecule has 1 amide bonds. The maximum atomic E-state index is 11.8. The van der Waals surface area contributed by atoms with E-state index >= 15 is 0 Å². The number of carbonyl (C=O) groups is 2. The molecular weight excluding hydrogens is 206 g/mol. The van der Waals surface area contributed by atoms with E-state index in [2.05, 4.69) is 0 Å². The van der Waals surface area contributed by atoms with Crippen LogP contribution in [-0.2, 0) is 11.2 Å². The molecule has 1 aromatic carbocycles. The van der Waals surface area contributed by atoms with Gasteiger partial charge in [-0.25, -0.2) is 4.79 Å². The Morgan fingerprint density at radius 3 is 2.69 bits per heavy atom. The average Bonchev–Trinajstić information content (AvgIpc) is 2.52. The zero-order valence-corrected chi connectivity index (χ0v) is 9.23. The third kappa shape index (κ3) is 1.46. The number of fused-ring (bicyclic) bond motifs is 1. The lowest BCUT2D eigenvalue weighted by Gasteiger charge is -2.21. The van der Waals surface area contributed by atoms with Crippen molar-refractivity contribution in [3.8, 4) is 0 Å². The van der Waals surface area contributed by atoms with Crippen molar-refractivity contribution in [2.24, 2.45) is 0 Å². The first-order valence-electron chi connectivity index (χ1n) is 5.19. The van der Waals surface area contributed by atoms with Crippen LogP contribution in [0.15, 0.2) is 18.2 Å². The molecule has 0 spiro atoms. The minimum absolute atomic E-state index is 0.0290. The predicted octanol–water partition coefficient (Wildman–Crippen LogP) is 1.68. The molecule has 0 aliphatic carbocycles. The molecule has 1 aromatic rings. The van der Waals surface area contributed by atoms with Gasteiger partial charge in [0.05, 0.1) is 12.0 Å². The first kappa shape index (κ1) is 10.7. The molecule has 2 rings (SSSR count). The molecule has 4 heteroatoms. The highest BCUT2D eigenvalue weighted by Gasteiger charge is 2.32. The lowest BCUT2D eigenvalue weighted by atomic mass is 10.1. The maximum Gasteiger partial charge on any atom is 0.336 e. The van der Waals surface area contributed by atoms with Gasteiger partial charge in [0.2, 0.25) is 5.91 Å². The van der Waals surface area contributed by atoms with Gasteiger partial charge in [-0.2, -0.15) is 0 Å². The molecule has 4 nitrogen and oxygen atoms in total. The van der Waals surface area contributed by atoms with E-state index in [1.165, 1.54) is 6.07 Å². The van der Waals surface area contributed by atoms with E-state index < -0.39 is 5.97 Å². The van der Waals surface area contributed by atoms with Gasteiger partial charge in [0.15, 0.2) is 0 Å². The van der Waals surface area contributed by atoms with Gasteiger partial charge in [0, 0.05) is 11.7 Å². The van der Waals surface area contributed by atoms with Crippen LogP contribution in [0.1, 0.15) is 29.8 Å². The zero-order valence-electron chi connectivity index (χ0n) is 9.23. The molecule has 0 atom stereocenters. The van der Waals surface area contributed by atoms with E-state index in [1.54, 1.807) is 17.0 Å². The van der Waals surface area contributed by atoms with Crippen LogP contribution in [0.5, 0.6) is 0 Å². The molecule has 16 heavy (non-hydrogen) atoms. The smallest absolute Gasteiger partial charge is 0.336 e. The lowest BCUT2D eigenvalue weighted by molar-refractivity contribution is -0.117. The van der Waals surface area contributed by atoms with Gasteiger partial charge < -0.3 is 10.0 Å². The van der Waals surface area contributed by atoms with Crippen molar-refractivity contribution in [3.05, 3.63) is 29.3 Å². The highest BCUT2D eigenvalue weighted by Crippen LogP contribution is 2.32. The van der Waals surface area contributed by atoms with Gasteiger partial charge in [-0.05, 0) is 31.5 Å². The normalized spacial score (nSPS) is 14.4. The molecule has 0 unspecified atom stereocenters. The largest absolute Gasteiger partial charge is 0.478 e. The molecule has 0 fully saturated rings. The summed E-state index contributed by atoms with van der Waals surface area (Å²) in [4.78, 5) is 24.4. The summed E-state index contributed by atoms with van der Waals surface area (Å²) in [6.07, 6.45) is 0.190. The molecule has 0 saturated heterocycles. The number of amides is 1. The van der Waals surface area contributed by atoms with Crippen LogP contribution in [0.2, 0.25) is 0 Å². The Labute approximate surface area is 93.5 Å². The summed E-state index contributed by atoms with van der Waals surface area (Å²) < 4.78 is 0. The van der Waals surface area contributed by atoms with Crippen LogP contribution >= 0.6 is 0 Å². The number of aromatic carboxylic acids is 1. The Kier molecular flexibility index (Phi) is 2.42. The number of carboxylic acid groups (broad SMARTS) is 1. The summed E-state index contributed by atoms with van der Waals surface area (Å²) in [6.45, 7) is 3.83. The van der Waals surface area contributed by atoms with Crippen LogP contribution in [0.3, 0.4) is 0 Å². The summed E-state index contributed by atoms with van der Waals surface area (Å²) >= 11 is 0. The Bertz CT molecular complexity index is 465. The minimum Gasteiger partial charge on any atom is -0.478 e. The van der Waals surface area contributed by atoms with E-state index in [-0.39, 0.29) is 23.9 Å². The highest BCUT2D eigenvalue weighted by molar-refractivity contribution is 6.05. The Hall–Kier alpha value is -1.84. The van der Waals surface area contributed by atoms with Gasteiger partial charge in [-0.3, -0.25) is 4.79 Å². The Morgan fingerprint density at radius 1 is 1.44 bits per heavy atom. The third-order valence-corrected chi connectivity index (χ3v) is 2.75. The van der Waals surface area contributed by atoms with Gasteiger partial charge >= 0.3 is 5.97 Å². The standard InChI is InChI=1S/C12H13NO3/c1-7(2)13-10-5-3-4-8(12(15)16)9(10)6-11(13)14/h3-5,7H,6H2,1-2H3,(H,15,16).